The molecule has 2 aromatic rings. The number of alkyl halides is 3. The first kappa shape index (κ1) is 14.9. The van der Waals surface area contributed by atoms with Crippen molar-refractivity contribution in [1.82, 2.24) is 9.78 Å². The molecule has 1 aromatic heterocycles. The van der Waals surface area contributed by atoms with Crippen LogP contribution in [0.2, 0.25) is 0 Å². The summed E-state index contributed by atoms with van der Waals surface area (Å²) in [6.45, 7) is 0.490. The molecule has 110 valence electrons. The zero-order valence-electron chi connectivity index (χ0n) is 11.5. The zero-order chi connectivity index (χ0) is 15.6. The van der Waals surface area contributed by atoms with Gasteiger partial charge in [0.15, 0.2) is 0 Å². The Labute approximate surface area is 120 Å². The van der Waals surface area contributed by atoms with Gasteiger partial charge in [0.05, 0.1) is 23.4 Å². The van der Waals surface area contributed by atoms with E-state index in [-0.39, 0.29) is 5.56 Å². The number of anilines is 1. The lowest BCUT2D eigenvalue weighted by Gasteiger charge is -2.20. The second-order valence-electron chi connectivity index (χ2n) is 4.72. The van der Waals surface area contributed by atoms with Crippen molar-refractivity contribution in [3.63, 3.8) is 0 Å². The van der Waals surface area contributed by atoms with Crippen LogP contribution in [0.3, 0.4) is 0 Å². The quantitative estimate of drug-likeness (QED) is 0.874. The van der Waals surface area contributed by atoms with Crippen LogP contribution in [0.15, 0.2) is 30.6 Å². The highest BCUT2D eigenvalue weighted by Crippen LogP contribution is 2.33. The fraction of sp³-hybridized carbons (Fsp3) is 0.286. The fourth-order valence-corrected chi connectivity index (χ4v) is 2.03. The van der Waals surface area contributed by atoms with E-state index in [1.807, 2.05) is 6.20 Å². The van der Waals surface area contributed by atoms with Crippen molar-refractivity contribution in [2.45, 2.75) is 12.7 Å². The van der Waals surface area contributed by atoms with Crippen molar-refractivity contribution in [2.24, 2.45) is 7.05 Å². The van der Waals surface area contributed by atoms with Crippen molar-refractivity contribution >= 4 is 5.69 Å². The van der Waals surface area contributed by atoms with Crippen LogP contribution >= 0.6 is 0 Å². The summed E-state index contributed by atoms with van der Waals surface area (Å²) in [4.78, 5) is 1.76. The molecule has 0 spiro atoms. The number of benzene rings is 1. The van der Waals surface area contributed by atoms with Gasteiger partial charge in [0.25, 0.3) is 0 Å². The molecule has 4 nitrogen and oxygen atoms in total. The molecule has 7 heteroatoms. The first-order chi connectivity index (χ1) is 9.81. The number of hydrogen-bond donors (Lipinski definition) is 0. The van der Waals surface area contributed by atoms with Crippen LogP contribution in [-0.2, 0) is 19.8 Å². The number of halogens is 3. The molecular formula is C14H13F3N4. The van der Waals surface area contributed by atoms with E-state index in [1.54, 1.807) is 35.9 Å². The molecule has 0 saturated carbocycles. The Hall–Kier alpha value is -2.49. The highest BCUT2D eigenvalue weighted by molar-refractivity contribution is 5.55. The largest absolute Gasteiger partial charge is 0.417 e. The monoisotopic (exact) mass is 294 g/mol. The van der Waals surface area contributed by atoms with Crippen LogP contribution in [0, 0.1) is 11.3 Å². The van der Waals surface area contributed by atoms with Crippen molar-refractivity contribution in [1.29, 1.82) is 5.26 Å². The molecule has 1 aromatic carbocycles. The summed E-state index contributed by atoms with van der Waals surface area (Å²) in [5, 5.41) is 12.9. The molecule has 0 unspecified atom stereocenters. The summed E-state index contributed by atoms with van der Waals surface area (Å²) in [6, 6.07) is 5.15. The molecule has 0 amide bonds. The van der Waals surface area contributed by atoms with Gasteiger partial charge in [-0.15, -0.1) is 0 Å². The Kier molecular flexibility index (Phi) is 3.89. The lowest BCUT2D eigenvalue weighted by Crippen LogP contribution is -2.17. The van der Waals surface area contributed by atoms with Crippen LogP contribution in [0.25, 0.3) is 0 Å². The minimum Gasteiger partial charge on any atom is -0.370 e. The standard InChI is InChI=1S/C14H13F3N4/c1-20(8-10-7-19-21(2)9-10)12-3-4-13(14(15,16)17)11(5-12)6-18/h3-5,7,9H,8H2,1-2H3. The average Bonchev–Trinajstić information content (AvgIpc) is 2.82. The van der Waals surface area contributed by atoms with Crippen LogP contribution in [0.1, 0.15) is 16.7 Å². The highest BCUT2D eigenvalue weighted by Gasteiger charge is 2.33. The molecule has 0 fully saturated rings. The van der Waals surface area contributed by atoms with Crippen molar-refractivity contribution in [3.8, 4) is 6.07 Å². The summed E-state index contributed by atoms with van der Waals surface area (Å²) >= 11 is 0. The summed E-state index contributed by atoms with van der Waals surface area (Å²) in [5.41, 5.74) is 0.184. The first-order valence-electron chi connectivity index (χ1n) is 6.11. The van der Waals surface area contributed by atoms with Crippen LogP contribution < -0.4 is 4.90 Å². The maximum atomic E-state index is 12.7. The molecule has 0 saturated heterocycles. The number of nitrogens with zero attached hydrogens (tertiary/aromatic N) is 4. The second-order valence-corrected chi connectivity index (χ2v) is 4.72. The smallest absolute Gasteiger partial charge is 0.370 e. The number of aromatic nitrogens is 2. The summed E-state index contributed by atoms with van der Waals surface area (Å²) in [6.07, 6.45) is -1.01. The zero-order valence-corrected chi connectivity index (χ0v) is 11.5. The van der Waals surface area contributed by atoms with Crippen molar-refractivity contribution < 1.29 is 13.2 Å². The molecule has 0 aliphatic heterocycles. The van der Waals surface area contributed by atoms with E-state index in [2.05, 4.69) is 5.10 Å². The second kappa shape index (κ2) is 5.48. The third-order valence-corrected chi connectivity index (χ3v) is 3.05. The Bertz CT molecular complexity index is 682. The van der Waals surface area contributed by atoms with E-state index in [1.165, 1.54) is 12.1 Å². The van der Waals surface area contributed by atoms with Crippen LogP contribution in [0.5, 0.6) is 0 Å². The summed E-state index contributed by atoms with van der Waals surface area (Å²) in [5.74, 6) is 0. The van der Waals surface area contributed by atoms with E-state index in [0.717, 1.165) is 11.6 Å². The van der Waals surface area contributed by atoms with Gasteiger partial charge in [-0.1, -0.05) is 0 Å². The Morgan fingerprint density at radius 2 is 2.10 bits per heavy atom. The Balaban J connectivity index is 2.26. The molecule has 1 heterocycles. The van der Waals surface area contributed by atoms with Gasteiger partial charge in [-0.2, -0.15) is 23.5 Å². The van der Waals surface area contributed by atoms with E-state index < -0.39 is 11.7 Å². The molecule has 0 bridgehead atoms. The fourth-order valence-electron chi connectivity index (χ4n) is 2.03. The Morgan fingerprint density at radius 3 is 2.62 bits per heavy atom. The van der Waals surface area contributed by atoms with Gasteiger partial charge < -0.3 is 4.90 Å². The molecule has 0 radical (unpaired) electrons. The maximum absolute atomic E-state index is 12.7. The van der Waals surface area contributed by atoms with E-state index in [9.17, 15) is 13.2 Å². The maximum Gasteiger partial charge on any atom is 0.417 e. The number of aryl methyl sites for hydroxylation is 1. The normalized spacial score (nSPS) is 11.2. The topological polar surface area (TPSA) is 44.9 Å². The lowest BCUT2D eigenvalue weighted by molar-refractivity contribution is -0.137. The third-order valence-electron chi connectivity index (χ3n) is 3.05. The minimum atomic E-state index is -4.52. The van der Waals surface area contributed by atoms with Gasteiger partial charge in [-0.25, -0.2) is 0 Å². The summed E-state index contributed by atoms with van der Waals surface area (Å²) in [7, 11) is 3.53. The van der Waals surface area contributed by atoms with Gasteiger partial charge in [-0.3, -0.25) is 4.68 Å². The number of nitriles is 1. The van der Waals surface area contributed by atoms with Gasteiger partial charge >= 0.3 is 6.18 Å². The molecule has 0 N–H and O–H groups in total. The van der Waals surface area contributed by atoms with E-state index >= 15 is 0 Å². The predicted octanol–water partition coefficient (Wildman–Crippen LogP) is 2.95. The summed E-state index contributed by atoms with van der Waals surface area (Å²) < 4.78 is 39.9. The van der Waals surface area contributed by atoms with Gasteiger partial charge in [0.2, 0.25) is 0 Å². The molecule has 2 rings (SSSR count). The van der Waals surface area contributed by atoms with Crippen molar-refractivity contribution in [2.75, 3.05) is 11.9 Å². The van der Waals surface area contributed by atoms with Gasteiger partial charge in [-0.05, 0) is 18.2 Å². The number of hydrogen-bond acceptors (Lipinski definition) is 3. The highest BCUT2D eigenvalue weighted by atomic mass is 19.4. The number of rotatable bonds is 3. The van der Waals surface area contributed by atoms with E-state index in [0.29, 0.717) is 12.2 Å². The minimum absolute atomic E-state index is 0.377. The Morgan fingerprint density at radius 1 is 1.38 bits per heavy atom. The van der Waals surface area contributed by atoms with Gasteiger partial charge in [0, 0.05) is 38.1 Å². The predicted molar refractivity (Wildman–Crippen MR) is 71.5 cm³/mol. The molecule has 0 atom stereocenters. The third kappa shape index (κ3) is 3.34. The van der Waals surface area contributed by atoms with Crippen LogP contribution in [-0.4, -0.2) is 16.8 Å². The van der Waals surface area contributed by atoms with E-state index in [4.69, 9.17) is 5.26 Å². The average molecular weight is 294 g/mol. The van der Waals surface area contributed by atoms with Crippen LogP contribution in [0.4, 0.5) is 18.9 Å². The molecule has 0 aliphatic carbocycles. The lowest BCUT2D eigenvalue weighted by atomic mass is 10.1. The van der Waals surface area contributed by atoms with Gasteiger partial charge in [0.1, 0.15) is 0 Å². The molecule has 0 aliphatic rings. The van der Waals surface area contributed by atoms with Crippen molar-refractivity contribution in [3.05, 3.63) is 47.3 Å². The molecule has 21 heavy (non-hydrogen) atoms. The molecular weight excluding hydrogens is 281 g/mol. The first-order valence-corrected chi connectivity index (χ1v) is 6.11. The SMILES string of the molecule is CN(Cc1cnn(C)c1)c1ccc(C(F)(F)F)c(C#N)c1.